The third-order valence-corrected chi connectivity index (χ3v) is 3.75. The Balaban J connectivity index is 2.78. The Bertz CT molecular complexity index is 151. The first-order valence-corrected chi connectivity index (χ1v) is 4.66. The van der Waals surface area contributed by atoms with Crippen molar-refractivity contribution in [3.05, 3.63) is 0 Å². The molecule has 1 heteroatoms. The SMILES string of the molecule is CCC1(C)CCC(C)(C)N1C. The van der Waals surface area contributed by atoms with Gasteiger partial charge in [-0.25, -0.2) is 0 Å². The van der Waals surface area contributed by atoms with Crippen LogP contribution < -0.4 is 0 Å². The molecule has 0 N–H and O–H groups in total. The van der Waals surface area contributed by atoms with Gasteiger partial charge in [0.15, 0.2) is 0 Å². The number of hydrogen-bond acceptors (Lipinski definition) is 1. The molecule has 11 heavy (non-hydrogen) atoms. The van der Waals surface area contributed by atoms with Crippen molar-refractivity contribution in [1.82, 2.24) is 4.90 Å². The minimum Gasteiger partial charge on any atom is -0.296 e. The highest BCUT2D eigenvalue weighted by Gasteiger charge is 2.43. The second-order valence-corrected chi connectivity index (χ2v) is 4.72. The first kappa shape index (κ1) is 9.05. The van der Waals surface area contributed by atoms with Gasteiger partial charge in [0.25, 0.3) is 0 Å². The monoisotopic (exact) mass is 155 g/mol. The molecular formula is C10H21N. The molecule has 1 heterocycles. The van der Waals surface area contributed by atoms with Gasteiger partial charge in [-0.05, 0) is 47.1 Å². The van der Waals surface area contributed by atoms with E-state index in [1.165, 1.54) is 19.3 Å². The number of likely N-dealkylation sites (tertiary alicyclic amines) is 1. The maximum atomic E-state index is 2.54. The fourth-order valence-corrected chi connectivity index (χ4v) is 2.06. The lowest BCUT2D eigenvalue weighted by atomic mass is 9.96. The molecule has 1 saturated heterocycles. The normalized spacial score (nSPS) is 37.9. The molecule has 0 saturated carbocycles. The van der Waals surface area contributed by atoms with Crippen LogP contribution in [-0.2, 0) is 0 Å². The highest BCUT2D eigenvalue weighted by Crippen LogP contribution is 2.40. The first-order valence-electron chi connectivity index (χ1n) is 4.66. The van der Waals surface area contributed by atoms with Crippen molar-refractivity contribution in [2.45, 2.75) is 58.0 Å². The topological polar surface area (TPSA) is 3.24 Å². The van der Waals surface area contributed by atoms with E-state index in [1.54, 1.807) is 0 Å². The van der Waals surface area contributed by atoms with E-state index >= 15 is 0 Å². The smallest absolute Gasteiger partial charge is 0.0181 e. The minimum atomic E-state index is 0.421. The first-order chi connectivity index (χ1) is 4.92. The summed E-state index contributed by atoms with van der Waals surface area (Å²) in [5.41, 5.74) is 0.883. The molecule has 0 radical (unpaired) electrons. The van der Waals surface area contributed by atoms with Gasteiger partial charge in [-0.1, -0.05) is 6.92 Å². The Kier molecular flexibility index (Phi) is 2.04. The quantitative estimate of drug-likeness (QED) is 0.562. The van der Waals surface area contributed by atoms with Gasteiger partial charge in [-0.15, -0.1) is 0 Å². The van der Waals surface area contributed by atoms with Gasteiger partial charge in [-0.3, -0.25) is 4.90 Å². The van der Waals surface area contributed by atoms with Crippen molar-refractivity contribution in [2.75, 3.05) is 7.05 Å². The molecule has 1 nitrogen and oxygen atoms in total. The van der Waals surface area contributed by atoms with E-state index in [0.29, 0.717) is 11.1 Å². The molecular weight excluding hydrogens is 134 g/mol. The van der Waals surface area contributed by atoms with Crippen LogP contribution in [0.5, 0.6) is 0 Å². The van der Waals surface area contributed by atoms with E-state index < -0.39 is 0 Å². The van der Waals surface area contributed by atoms with E-state index in [9.17, 15) is 0 Å². The Labute approximate surface area is 70.8 Å². The van der Waals surface area contributed by atoms with Crippen LogP contribution in [0.1, 0.15) is 47.0 Å². The minimum absolute atomic E-state index is 0.421. The van der Waals surface area contributed by atoms with Crippen LogP contribution in [0.4, 0.5) is 0 Å². The van der Waals surface area contributed by atoms with E-state index in [4.69, 9.17) is 0 Å². The molecule has 0 amide bonds. The van der Waals surface area contributed by atoms with E-state index in [-0.39, 0.29) is 0 Å². The predicted molar refractivity (Wildman–Crippen MR) is 49.8 cm³/mol. The van der Waals surface area contributed by atoms with Crippen LogP contribution in [-0.4, -0.2) is 23.0 Å². The van der Waals surface area contributed by atoms with E-state index in [2.05, 4.69) is 39.6 Å². The van der Waals surface area contributed by atoms with Gasteiger partial charge in [0.2, 0.25) is 0 Å². The van der Waals surface area contributed by atoms with Gasteiger partial charge in [0.05, 0.1) is 0 Å². The van der Waals surface area contributed by atoms with Crippen LogP contribution in [0, 0.1) is 0 Å². The average Bonchev–Trinajstić information content (AvgIpc) is 2.16. The highest BCUT2D eigenvalue weighted by atomic mass is 15.2. The Morgan fingerprint density at radius 3 is 1.91 bits per heavy atom. The molecule has 0 spiro atoms. The summed E-state index contributed by atoms with van der Waals surface area (Å²) >= 11 is 0. The lowest BCUT2D eigenvalue weighted by Crippen LogP contribution is -2.46. The van der Waals surface area contributed by atoms with Crippen molar-refractivity contribution in [1.29, 1.82) is 0 Å². The van der Waals surface area contributed by atoms with Gasteiger partial charge in [0, 0.05) is 11.1 Å². The lowest BCUT2D eigenvalue weighted by molar-refractivity contribution is 0.0982. The third kappa shape index (κ3) is 1.31. The molecule has 1 atom stereocenters. The van der Waals surface area contributed by atoms with Crippen molar-refractivity contribution in [3.63, 3.8) is 0 Å². The van der Waals surface area contributed by atoms with Crippen LogP contribution >= 0.6 is 0 Å². The standard InChI is InChI=1S/C10H21N/c1-6-10(4)8-7-9(2,3)11(10)5/h6-8H2,1-5H3. The summed E-state index contributed by atoms with van der Waals surface area (Å²) in [7, 11) is 2.26. The molecule has 0 aliphatic carbocycles. The number of rotatable bonds is 1. The zero-order valence-electron chi connectivity index (χ0n) is 8.57. The lowest BCUT2D eigenvalue weighted by Gasteiger charge is -2.38. The average molecular weight is 155 g/mol. The third-order valence-electron chi connectivity index (χ3n) is 3.75. The summed E-state index contributed by atoms with van der Waals surface area (Å²) in [5.74, 6) is 0. The van der Waals surface area contributed by atoms with Gasteiger partial charge < -0.3 is 0 Å². The largest absolute Gasteiger partial charge is 0.296 e. The molecule has 0 aromatic heterocycles. The molecule has 66 valence electrons. The Hall–Kier alpha value is -0.0400. The maximum absolute atomic E-state index is 2.54. The maximum Gasteiger partial charge on any atom is 0.0181 e. The molecule has 1 aliphatic rings. The molecule has 0 bridgehead atoms. The number of nitrogens with zero attached hydrogens (tertiary/aromatic N) is 1. The van der Waals surface area contributed by atoms with Crippen molar-refractivity contribution >= 4 is 0 Å². The fourth-order valence-electron chi connectivity index (χ4n) is 2.06. The van der Waals surface area contributed by atoms with E-state index in [1.807, 2.05) is 0 Å². The zero-order valence-corrected chi connectivity index (χ0v) is 8.57. The summed E-state index contributed by atoms with van der Waals surface area (Å²) in [6, 6.07) is 0. The summed E-state index contributed by atoms with van der Waals surface area (Å²) in [5, 5.41) is 0. The fraction of sp³-hybridized carbons (Fsp3) is 1.00. The van der Waals surface area contributed by atoms with Crippen LogP contribution in [0.25, 0.3) is 0 Å². The molecule has 1 unspecified atom stereocenters. The van der Waals surface area contributed by atoms with Crippen molar-refractivity contribution in [2.24, 2.45) is 0 Å². The second-order valence-electron chi connectivity index (χ2n) is 4.72. The Morgan fingerprint density at radius 1 is 1.18 bits per heavy atom. The molecule has 0 aromatic carbocycles. The highest BCUT2D eigenvalue weighted by molar-refractivity contribution is 4.99. The zero-order chi connectivity index (χ0) is 8.70. The summed E-state index contributed by atoms with van der Waals surface area (Å²) < 4.78 is 0. The van der Waals surface area contributed by atoms with Crippen LogP contribution in [0.2, 0.25) is 0 Å². The molecule has 0 aromatic rings. The number of hydrogen-bond donors (Lipinski definition) is 0. The van der Waals surface area contributed by atoms with Gasteiger partial charge in [0.1, 0.15) is 0 Å². The molecule has 1 rings (SSSR count). The van der Waals surface area contributed by atoms with Crippen molar-refractivity contribution < 1.29 is 0 Å². The molecule has 1 aliphatic heterocycles. The second kappa shape index (κ2) is 2.48. The molecule has 1 fully saturated rings. The summed E-state index contributed by atoms with van der Waals surface area (Å²) in [6.07, 6.45) is 3.97. The van der Waals surface area contributed by atoms with Crippen LogP contribution in [0.15, 0.2) is 0 Å². The van der Waals surface area contributed by atoms with Gasteiger partial charge >= 0.3 is 0 Å². The predicted octanol–water partition coefficient (Wildman–Crippen LogP) is 2.66. The van der Waals surface area contributed by atoms with Gasteiger partial charge in [-0.2, -0.15) is 0 Å². The van der Waals surface area contributed by atoms with Crippen molar-refractivity contribution in [3.8, 4) is 0 Å². The Morgan fingerprint density at radius 2 is 1.73 bits per heavy atom. The summed E-state index contributed by atoms with van der Waals surface area (Å²) in [6.45, 7) is 9.35. The van der Waals surface area contributed by atoms with Crippen LogP contribution in [0.3, 0.4) is 0 Å². The summed E-state index contributed by atoms with van der Waals surface area (Å²) in [4.78, 5) is 2.54. The van der Waals surface area contributed by atoms with E-state index in [0.717, 1.165) is 0 Å².